The average molecular weight is 409 g/mol. The zero-order valence-corrected chi connectivity index (χ0v) is 15.7. The van der Waals surface area contributed by atoms with Gasteiger partial charge in [-0.05, 0) is 25.1 Å². The second kappa shape index (κ2) is 6.86. The Morgan fingerprint density at radius 2 is 2.04 bits per heavy atom. The Morgan fingerprint density at radius 3 is 2.79 bits per heavy atom. The molecule has 3 heterocycles. The van der Waals surface area contributed by atoms with Crippen LogP contribution in [0, 0.1) is 6.92 Å². The summed E-state index contributed by atoms with van der Waals surface area (Å²) in [6.07, 6.45) is -4.41. The van der Waals surface area contributed by atoms with Gasteiger partial charge in [-0.15, -0.1) is 0 Å². The second-order valence-electron chi connectivity index (χ2n) is 6.93. The SMILES string of the molecule is Cc1ccc2nc(Cl)c(CN3CCc4nc(C(F)(F)F)[nH]c(=O)c4C3)cc2c1. The molecule has 1 aliphatic rings. The van der Waals surface area contributed by atoms with Crippen LogP contribution in [0.3, 0.4) is 0 Å². The number of alkyl halides is 3. The number of fused-ring (bicyclic) bond motifs is 2. The van der Waals surface area contributed by atoms with E-state index in [1.165, 1.54) is 0 Å². The van der Waals surface area contributed by atoms with Crippen LogP contribution in [0.5, 0.6) is 0 Å². The molecule has 0 saturated carbocycles. The summed E-state index contributed by atoms with van der Waals surface area (Å²) in [6.45, 7) is 3.11. The van der Waals surface area contributed by atoms with Crippen LogP contribution >= 0.6 is 11.6 Å². The molecule has 0 radical (unpaired) electrons. The third kappa shape index (κ3) is 3.62. The lowest BCUT2D eigenvalue weighted by atomic mass is 10.1. The van der Waals surface area contributed by atoms with Gasteiger partial charge in [0.1, 0.15) is 5.15 Å². The van der Waals surface area contributed by atoms with E-state index in [4.69, 9.17) is 11.6 Å². The Hall–Kier alpha value is -2.45. The molecule has 1 aliphatic heterocycles. The largest absolute Gasteiger partial charge is 0.449 e. The van der Waals surface area contributed by atoms with Crippen LogP contribution in [0.1, 0.15) is 28.2 Å². The van der Waals surface area contributed by atoms with Crippen LogP contribution in [0.25, 0.3) is 10.9 Å². The summed E-state index contributed by atoms with van der Waals surface area (Å²) in [6, 6.07) is 7.84. The van der Waals surface area contributed by atoms with Gasteiger partial charge in [0.2, 0.25) is 5.82 Å². The predicted molar refractivity (Wildman–Crippen MR) is 99.2 cm³/mol. The molecule has 0 aliphatic carbocycles. The van der Waals surface area contributed by atoms with Crippen LogP contribution in [0.2, 0.25) is 5.15 Å². The predicted octanol–water partition coefficient (Wildman–Crippen LogP) is 3.86. The molecule has 5 nitrogen and oxygen atoms in total. The summed E-state index contributed by atoms with van der Waals surface area (Å²) in [5.41, 5.74) is 2.42. The van der Waals surface area contributed by atoms with Crippen LogP contribution in [-0.4, -0.2) is 26.4 Å². The fourth-order valence-electron chi connectivity index (χ4n) is 3.42. The summed E-state index contributed by atoms with van der Waals surface area (Å²) >= 11 is 6.32. The third-order valence-corrected chi connectivity index (χ3v) is 5.13. The lowest BCUT2D eigenvalue weighted by molar-refractivity contribution is -0.145. The molecule has 0 spiro atoms. The van der Waals surface area contributed by atoms with E-state index in [9.17, 15) is 18.0 Å². The number of benzene rings is 1. The number of hydrogen-bond donors (Lipinski definition) is 1. The van der Waals surface area contributed by atoms with Gasteiger partial charge in [-0.25, -0.2) is 9.97 Å². The van der Waals surface area contributed by atoms with Gasteiger partial charge in [-0.3, -0.25) is 9.69 Å². The first-order valence-electron chi connectivity index (χ1n) is 8.68. The van der Waals surface area contributed by atoms with Crippen molar-refractivity contribution in [3.05, 3.63) is 68.0 Å². The Labute approximate surface area is 163 Å². The van der Waals surface area contributed by atoms with Crippen molar-refractivity contribution in [1.82, 2.24) is 19.9 Å². The van der Waals surface area contributed by atoms with Crippen molar-refractivity contribution < 1.29 is 13.2 Å². The molecule has 0 bridgehead atoms. The van der Waals surface area contributed by atoms with E-state index >= 15 is 0 Å². The highest BCUT2D eigenvalue weighted by Crippen LogP contribution is 2.28. The van der Waals surface area contributed by atoms with E-state index in [1.54, 1.807) is 0 Å². The molecular weight excluding hydrogens is 393 g/mol. The molecular formula is C19H16ClF3N4O. The van der Waals surface area contributed by atoms with Crippen molar-refractivity contribution in [1.29, 1.82) is 0 Å². The van der Waals surface area contributed by atoms with E-state index in [-0.39, 0.29) is 24.2 Å². The van der Waals surface area contributed by atoms with Crippen LogP contribution in [0.4, 0.5) is 13.2 Å². The van der Waals surface area contributed by atoms with Crippen LogP contribution in [-0.2, 0) is 25.7 Å². The number of aromatic amines is 1. The molecule has 1 N–H and O–H groups in total. The van der Waals surface area contributed by atoms with Crippen molar-refractivity contribution >= 4 is 22.5 Å². The number of hydrogen-bond acceptors (Lipinski definition) is 4. The van der Waals surface area contributed by atoms with Crippen molar-refractivity contribution in [3.63, 3.8) is 0 Å². The first-order valence-corrected chi connectivity index (χ1v) is 9.06. The van der Waals surface area contributed by atoms with Crippen LogP contribution in [0.15, 0.2) is 29.1 Å². The molecule has 1 aromatic carbocycles. The zero-order chi connectivity index (χ0) is 20.1. The number of halogens is 4. The smallest absolute Gasteiger partial charge is 0.303 e. The van der Waals surface area contributed by atoms with E-state index in [1.807, 2.05) is 41.1 Å². The summed E-state index contributed by atoms with van der Waals surface area (Å²) in [4.78, 5) is 24.0. The Balaban J connectivity index is 1.61. The highest BCUT2D eigenvalue weighted by Gasteiger charge is 2.36. The normalized spacial score (nSPS) is 15.0. The van der Waals surface area contributed by atoms with Gasteiger partial charge >= 0.3 is 6.18 Å². The monoisotopic (exact) mass is 408 g/mol. The molecule has 3 aromatic rings. The number of pyridine rings is 1. The van der Waals surface area contributed by atoms with Gasteiger partial charge in [-0.2, -0.15) is 13.2 Å². The summed E-state index contributed by atoms with van der Waals surface area (Å²) in [7, 11) is 0. The Morgan fingerprint density at radius 1 is 1.25 bits per heavy atom. The third-order valence-electron chi connectivity index (χ3n) is 4.81. The van der Waals surface area contributed by atoms with E-state index < -0.39 is 17.6 Å². The molecule has 0 unspecified atom stereocenters. The van der Waals surface area contributed by atoms with Gasteiger partial charge in [0.15, 0.2) is 0 Å². The van der Waals surface area contributed by atoms with Crippen LogP contribution < -0.4 is 5.56 Å². The fourth-order valence-corrected chi connectivity index (χ4v) is 3.62. The minimum absolute atomic E-state index is 0.200. The maximum Gasteiger partial charge on any atom is 0.449 e. The molecule has 28 heavy (non-hydrogen) atoms. The van der Waals surface area contributed by atoms with E-state index in [0.29, 0.717) is 18.2 Å². The molecule has 4 rings (SSSR count). The van der Waals surface area contributed by atoms with Crippen molar-refractivity contribution in [2.45, 2.75) is 32.6 Å². The van der Waals surface area contributed by atoms with E-state index in [0.717, 1.165) is 22.0 Å². The van der Waals surface area contributed by atoms with Gasteiger partial charge in [0, 0.05) is 37.0 Å². The fraction of sp³-hybridized carbons (Fsp3) is 0.316. The Bertz CT molecular complexity index is 1130. The van der Waals surface area contributed by atoms with Gasteiger partial charge in [0.25, 0.3) is 5.56 Å². The minimum Gasteiger partial charge on any atom is -0.303 e. The molecule has 146 valence electrons. The highest BCUT2D eigenvalue weighted by atomic mass is 35.5. The second-order valence-corrected chi connectivity index (χ2v) is 7.29. The summed E-state index contributed by atoms with van der Waals surface area (Å²) in [5.74, 6) is -1.25. The number of nitrogens with one attached hydrogen (secondary N) is 1. The van der Waals surface area contributed by atoms with Crippen molar-refractivity contribution in [2.24, 2.45) is 0 Å². The number of aromatic nitrogens is 3. The lowest BCUT2D eigenvalue weighted by Crippen LogP contribution is -2.36. The number of aryl methyl sites for hydroxylation is 1. The molecule has 0 amide bonds. The molecule has 9 heteroatoms. The molecule has 0 atom stereocenters. The highest BCUT2D eigenvalue weighted by molar-refractivity contribution is 6.30. The lowest BCUT2D eigenvalue weighted by Gasteiger charge is -2.28. The number of rotatable bonds is 2. The molecule has 0 saturated heterocycles. The van der Waals surface area contributed by atoms with Gasteiger partial charge < -0.3 is 4.98 Å². The summed E-state index contributed by atoms with van der Waals surface area (Å²) < 4.78 is 38.5. The standard InChI is InChI=1S/C19H16ClF3N4O/c1-10-2-3-14-11(6-10)7-12(16(20)24-14)8-27-5-4-15-13(9-27)17(28)26-18(25-15)19(21,22)23/h2-3,6-7H,4-5,8-9H2,1H3,(H,25,26,28). The zero-order valence-electron chi connectivity index (χ0n) is 14.9. The maximum absolute atomic E-state index is 12.8. The molecule has 0 fully saturated rings. The quantitative estimate of drug-likeness (QED) is 0.654. The van der Waals surface area contributed by atoms with Gasteiger partial charge in [0.05, 0.1) is 16.8 Å². The Kier molecular flexibility index (Phi) is 4.63. The van der Waals surface area contributed by atoms with Gasteiger partial charge in [-0.1, -0.05) is 23.2 Å². The maximum atomic E-state index is 12.8. The first kappa shape index (κ1) is 18.9. The molecule has 2 aromatic heterocycles. The van der Waals surface area contributed by atoms with E-state index in [2.05, 4.69) is 9.97 Å². The number of nitrogens with zero attached hydrogens (tertiary/aromatic N) is 3. The number of H-pyrrole nitrogens is 1. The first-order chi connectivity index (χ1) is 13.2. The van der Waals surface area contributed by atoms with Crippen molar-refractivity contribution in [3.8, 4) is 0 Å². The summed E-state index contributed by atoms with van der Waals surface area (Å²) in [5, 5.41) is 1.34. The van der Waals surface area contributed by atoms with Crippen molar-refractivity contribution in [2.75, 3.05) is 6.54 Å². The topological polar surface area (TPSA) is 61.9 Å². The average Bonchev–Trinajstić information content (AvgIpc) is 2.62. The minimum atomic E-state index is -4.67.